The molecule has 1 amide bonds. The van der Waals surface area contributed by atoms with E-state index in [0.29, 0.717) is 5.56 Å². The SMILES string of the molecule is CC1(C)C[C@H]2C[C@](C)(CN2C(=O)COC(=O)/C=C/c2ccccc2F)C1. The Hall–Kier alpha value is -2.17. The van der Waals surface area contributed by atoms with E-state index >= 15 is 0 Å². The number of hydrogen-bond donors (Lipinski definition) is 0. The van der Waals surface area contributed by atoms with Crippen LogP contribution < -0.4 is 0 Å². The van der Waals surface area contributed by atoms with E-state index in [-0.39, 0.29) is 29.4 Å². The Labute approximate surface area is 154 Å². The van der Waals surface area contributed by atoms with Gasteiger partial charge in [-0.2, -0.15) is 0 Å². The van der Waals surface area contributed by atoms with Crippen LogP contribution in [0.25, 0.3) is 6.08 Å². The molecule has 0 spiro atoms. The largest absolute Gasteiger partial charge is 0.452 e. The minimum atomic E-state index is -0.643. The van der Waals surface area contributed by atoms with Gasteiger partial charge in [0.2, 0.25) is 0 Å². The predicted molar refractivity (Wildman–Crippen MR) is 97.6 cm³/mol. The number of carbonyl (C=O) groups excluding carboxylic acids is 2. The van der Waals surface area contributed by atoms with Crippen LogP contribution in [-0.2, 0) is 14.3 Å². The maximum absolute atomic E-state index is 13.5. The molecular weight excluding hydrogens is 333 g/mol. The van der Waals surface area contributed by atoms with Crippen molar-refractivity contribution in [2.24, 2.45) is 10.8 Å². The van der Waals surface area contributed by atoms with E-state index in [1.54, 1.807) is 18.2 Å². The standard InChI is InChI=1S/C21H26FNO3/c1-20(2)10-16-11-21(3,13-20)14-23(16)18(24)12-26-19(25)9-8-15-6-4-5-7-17(15)22/h4-9,16H,10-14H2,1-3H3/b9-8+/t16-,21-/m0/s1. The highest BCUT2D eigenvalue weighted by Crippen LogP contribution is 2.52. The fourth-order valence-electron chi connectivity index (χ4n) is 4.78. The number of halogens is 1. The van der Waals surface area contributed by atoms with Crippen LogP contribution in [0.1, 0.15) is 45.6 Å². The Morgan fingerprint density at radius 2 is 2.00 bits per heavy atom. The van der Waals surface area contributed by atoms with Gasteiger partial charge in [-0.05, 0) is 42.2 Å². The van der Waals surface area contributed by atoms with Gasteiger partial charge in [0.05, 0.1) is 0 Å². The molecule has 140 valence electrons. The molecular formula is C21H26FNO3. The van der Waals surface area contributed by atoms with E-state index in [2.05, 4.69) is 20.8 Å². The van der Waals surface area contributed by atoms with Gasteiger partial charge >= 0.3 is 5.97 Å². The molecule has 0 aromatic heterocycles. The summed E-state index contributed by atoms with van der Waals surface area (Å²) in [5.74, 6) is -1.20. The molecule has 1 aliphatic heterocycles. The molecule has 1 saturated heterocycles. The molecule has 1 saturated carbocycles. The molecule has 1 heterocycles. The van der Waals surface area contributed by atoms with E-state index in [0.717, 1.165) is 31.9 Å². The van der Waals surface area contributed by atoms with E-state index in [1.165, 1.54) is 12.1 Å². The highest BCUT2D eigenvalue weighted by atomic mass is 19.1. The third-order valence-corrected chi connectivity index (χ3v) is 5.38. The summed E-state index contributed by atoms with van der Waals surface area (Å²) < 4.78 is 18.6. The van der Waals surface area contributed by atoms with Crippen molar-refractivity contribution >= 4 is 18.0 Å². The van der Waals surface area contributed by atoms with Crippen LogP contribution >= 0.6 is 0 Å². The zero-order valence-electron chi connectivity index (χ0n) is 15.6. The monoisotopic (exact) mass is 359 g/mol. The van der Waals surface area contributed by atoms with Crippen molar-refractivity contribution in [3.8, 4) is 0 Å². The molecule has 0 unspecified atom stereocenters. The molecule has 1 aliphatic carbocycles. The Balaban J connectivity index is 1.55. The van der Waals surface area contributed by atoms with Crippen molar-refractivity contribution in [3.05, 3.63) is 41.7 Å². The maximum Gasteiger partial charge on any atom is 0.331 e. The first kappa shape index (κ1) is 18.6. The maximum atomic E-state index is 13.5. The van der Waals surface area contributed by atoms with Crippen LogP contribution in [0.15, 0.2) is 30.3 Å². The molecule has 4 nitrogen and oxygen atoms in total. The lowest BCUT2D eigenvalue weighted by molar-refractivity contribution is -0.148. The molecule has 1 aromatic rings. The van der Waals surface area contributed by atoms with Crippen molar-refractivity contribution in [3.63, 3.8) is 0 Å². The van der Waals surface area contributed by atoms with Gasteiger partial charge in [-0.3, -0.25) is 4.79 Å². The summed E-state index contributed by atoms with van der Waals surface area (Å²) in [7, 11) is 0. The zero-order chi connectivity index (χ0) is 18.9. The van der Waals surface area contributed by atoms with Gasteiger partial charge in [0.25, 0.3) is 5.91 Å². The fourth-order valence-corrected chi connectivity index (χ4v) is 4.78. The first-order valence-electron chi connectivity index (χ1n) is 9.06. The summed E-state index contributed by atoms with van der Waals surface area (Å²) in [6.45, 7) is 7.19. The van der Waals surface area contributed by atoms with E-state index in [9.17, 15) is 14.0 Å². The van der Waals surface area contributed by atoms with Gasteiger partial charge in [-0.15, -0.1) is 0 Å². The first-order valence-corrected chi connectivity index (χ1v) is 9.06. The highest BCUT2D eigenvalue weighted by molar-refractivity contribution is 5.89. The number of benzene rings is 1. The lowest BCUT2D eigenvalue weighted by Crippen LogP contribution is -2.39. The molecule has 5 heteroatoms. The normalized spacial score (nSPS) is 26.9. The number of esters is 1. The van der Waals surface area contributed by atoms with Gasteiger partial charge in [0, 0.05) is 24.2 Å². The smallest absolute Gasteiger partial charge is 0.331 e. The van der Waals surface area contributed by atoms with Crippen molar-refractivity contribution in [2.45, 2.75) is 46.1 Å². The van der Waals surface area contributed by atoms with Gasteiger partial charge in [-0.1, -0.05) is 39.0 Å². The van der Waals surface area contributed by atoms with Crippen molar-refractivity contribution < 1.29 is 18.7 Å². The van der Waals surface area contributed by atoms with Crippen molar-refractivity contribution in [2.75, 3.05) is 13.2 Å². The van der Waals surface area contributed by atoms with Crippen LogP contribution in [0.5, 0.6) is 0 Å². The van der Waals surface area contributed by atoms with Gasteiger partial charge in [0.1, 0.15) is 5.82 Å². The number of likely N-dealkylation sites (tertiary alicyclic amines) is 1. The van der Waals surface area contributed by atoms with E-state index in [1.807, 2.05) is 4.90 Å². The number of nitrogens with zero attached hydrogens (tertiary/aromatic N) is 1. The Morgan fingerprint density at radius 1 is 1.27 bits per heavy atom. The second kappa shape index (κ2) is 6.86. The molecule has 26 heavy (non-hydrogen) atoms. The number of rotatable bonds is 4. The zero-order valence-corrected chi connectivity index (χ0v) is 15.6. The van der Waals surface area contributed by atoms with Crippen LogP contribution in [-0.4, -0.2) is 36.0 Å². The lowest BCUT2D eigenvalue weighted by atomic mass is 9.65. The van der Waals surface area contributed by atoms with Gasteiger partial charge in [-0.25, -0.2) is 9.18 Å². The van der Waals surface area contributed by atoms with Gasteiger partial charge < -0.3 is 9.64 Å². The first-order chi connectivity index (χ1) is 12.2. The molecule has 0 N–H and O–H groups in total. The average Bonchev–Trinajstić information content (AvgIpc) is 2.80. The third-order valence-electron chi connectivity index (χ3n) is 5.38. The average molecular weight is 359 g/mol. The number of carbonyl (C=O) groups is 2. The van der Waals surface area contributed by atoms with Crippen molar-refractivity contribution in [1.82, 2.24) is 4.90 Å². The molecule has 2 aliphatic rings. The minimum absolute atomic E-state index is 0.149. The molecule has 2 atom stereocenters. The summed E-state index contributed by atoms with van der Waals surface area (Å²) in [6.07, 6.45) is 5.61. The Morgan fingerprint density at radius 3 is 2.73 bits per heavy atom. The predicted octanol–water partition coefficient (Wildman–Crippen LogP) is 3.81. The van der Waals surface area contributed by atoms with E-state index in [4.69, 9.17) is 4.74 Å². The number of ether oxygens (including phenoxy) is 1. The number of fused-ring (bicyclic) bond motifs is 2. The number of hydrogen-bond acceptors (Lipinski definition) is 3. The molecule has 1 aromatic carbocycles. The summed E-state index contributed by atoms with van der Waals surface area (Å²) in [6, 6.07) is 6.38. The second-order valence-electron chi connectivity index (χ2n) is 8.70. The molecule has 2 bridgehead atoms. The number of amides is 1. The minimum Gasteiger partial charge on any atom is -0.452 e. The lowest BCUT2D eigenvalue weighted by Gasteiger charge is -2.39. The molecule has 2 fully saturated rings. The van der Waals surface area contributed by atoms with Crippen LogP contribution in [0.4, 0.5) is 4.39 Å². The Bertz CT molecular complexity index is 743. The van der Waals surface area contributed by atoms with Gasteiger partial charge in [0.15, 0.2) is 6.61 Å². The van der Waals surface area contributed by atoms with Crippen LogP contribution in [0, 0.1) is 16.6 Å². The molecule has 3 rings (SSSR count). The van der Waals surface area contributed by atoms with E-state index < -0.39 is 11.8 Å². The summed E-state index contributed by atoms with van der Waals surface area (Å²) >= 11 is 0. The third kappa shape index (κ3) is 4.14. The Kier molecular flexibility index (Phi) is 4.91. The highest BCUT2D eigenvalue weighted by Gasteiger charge is 2.50. The van der Waals surface area contributed by atoms with Crippen LogP contribution in [0.2, 0.25) is 0 Å². The molecule has 0 radical (unpaired) electrons. The quantitative estimate of drug-likeness (QED) is 0.607. The van der Waals surface area contributed by atoms with Crippen LogP contribution in [0.3, 0.4) is 0 Å². The fraction of sp³-hybridized carbons (Fsp3) is 0.524. The summed E-state index contributed by atoms with van der Waals surface area (Å²) in [5, 5.41) is 0. The summed E-state index contributed by atoms with van der Waals surface area (Å²) in [5.41, 5.74) is 0.683. The second-order valence-corrected chi connectivity index (χ2v) is 8.70. The topological polar surface area (TPSA) is 46.6 Å². The summed E-state index contributed by atoms with van der Waals surface area (Å²) in [4.78, 5) is 26.3. The van der Waals surface area contributed by atoms with Crippen molar-refractivity contribution in [1.29, 1.82) is 0 Å².